The molecular weight excluding hydrogens is 340 g/mol. The molecule has 1 aromatic carbocycles. The number of carbonyl (C=O) groups is 1. The second-order valence-corrected chi connectivity index (χ2v) is 7.24. The Balaban J connectivity index is 1.72. The number of pyridine rings is 1. The summed E-state index contributed by atoms with van der Waals surface area (Å²) in [6.45, 7) is 1.50. The third kappa shape index (κ3) is 4.01. The minimum atomic E-state index is -3.71. The second kappa shape index (κ2) is 7.00. The minimum absolute atomic E-state index is 0.0585. The monoisotopic (exact) mass is 356 g/mol. The second-order valence-electron chi connectivity index (χ2n) is 5.47. The molecule has 0 atom stereocenters. The zero-order chi connectivity index (χ0) is 17.9. The summed E-state index contributed by atoms with van der Waals surface area (Å²) in [4.78, 5) is 15.8. The summed E-state index contributed by atoms with van der Waals surface area (Å²) >= 11 is 0. The highest BCUT2D eigenvalue weighted by Gasteiger charge is 2.15. The van der Waals surface area contributed by atoms with Gasteiger partial charge in [0, 0.05) is 23.9 Å². The van der Waals surface area contributed by atoms with E-state index < -0.39 is 10.0 Å². The van der Waals surface area contributed by atoms with Crippen LogP contribution in [0.4, 0.5) is 0 Å². The highest BCUT2D eigenvalue weighted by molar-refractivity contribution is 7.89. The van der Waals surface area contributed by atoms with Gasteiger partial charge in [0.1, 0.15) is 0 Å². The summed E-state index contributed by atoms with van der Waals surface area (Å²) in [5.74, 6) is -0.184. The molecule has 3 aromatic rings. The van der Waals surface area contributed by atoms with Gasteiger partial charge in [0.05, 0.1) is 23.1 Å². The normalized spacial score (nSPS) is 11.4. The van der Waals surface area contributed by atoms with Gasteiger partial charge in [-0.05, 0) is 36.8 Å². The van der Waals surface area contributed by atoms with E-state index in [0.29, 0.717) is 5.56 Å². The molecule has 6 nitrogen and oxygen atoms in total. The van der Waals surface area contributed by atoms with Gasteiger partial charge < -0.3 is 4.42 Å². The Bertz CT molecular complexity index is 978. The lowest BCUT2D eigenvalue weighted by atomic mass is 10.2. The number of ketones is 1. The fourth-order valence-electron chi connectivity index (χ4n) is 2.25. The van der Waals surface area contributed by atoms with Crippen LogP contribution >= 0.6 is 0 Å². The van der Waals surface area contributed by atoms with Gasteiger partial charge in [0.15, 0.2) is 5.78 Å². The van der Waals surface area contributed by atoms with Crippen molar-refractivity contribution in [1.82, 2.24) is 9.71 Å². The van der Waals surface area contributed by atoms with Crippen molar-refractivity contribution in [2.24, 2.45) is 0 Å². The summed E-state index contributed by atoms with van der Waals surface area (Å²) in [6, 6.07) is 11.3. The summed E-state index contributed by atoms with van der Waals surface area (Å²) < 4.78 is 32.3. The highest BCUT2D eigenvalue weighted by Crippen LogP contribution is 2.17. The Morgan fingerprint density at radius 3 is 2.68 bits per heavy atom. The van der Waals surface area contributed by atoms with Crippen molar-refractivity contribution in [2.75, 3.05) is 0 Å². The third-order valence-corrected chi connectivity index (χ3v) is 5.06. The Hall–Kier alpha value is -2.77. The average molecular weight is 356 g/mol. The van der Waals surface area contributed by atoms with Crippen LogP contribution in [0.1, 0.15) is 22.8 Å². The van der Waals surface area contributed by atoms with Crippen LogP contribution in [0.2, 0.25) is 0 Å². The van der Waals surface area contributed by atoms with Crippen LogP contribution in [0.5, 0.6) is 0 Å². The van der Waals surface area contributed by atoms with E-state index in [0.717, 1.165) is 16.8 Å². The fourth-order valence-corrected chi connectivity index (χ4v) is 3.32. The van der Waals surface area contributed by atoms with Gasteiger partial charge in [0.2, 0.25) is 10.0 Å². The number of sulfonamides is 1. The molecule has 0 amide bonds. The topological polar surface area (TPSA) is 89.3 Å². The van der Waals surface area contributed by atoms with Gasteiger partial charge in [-0.25, -0.2) is 13.1 Å². The van der Waals surface area contributed by atoms with Crippen LogP contribution in [0, 0.1) is 0 Å². The first-order valence-corrected chi connectivity index (χ1v) is 9.02. The zero-order valence-electron chi connectivity index (χ0n) is 13.5. The van der Waals surface area contributed by atoms with E-state index >= 15 is 0 Å². The average Bonchev–Trinajstić information content (AvgIpc) is 3.15. The van der Waals surface area contributed by atoms with E-state index in [-0.39, 0.29) is 17.2 Å². The molecule has 0 fully saturated rings. The van der Waals surface area contributed by atoms with Crippen LogP contribution in [0.3, 0.4) is 0 Å². The highest BCUT2D eigenvalue weighted by atomic mass is 32.2. The van der Waals surface area contributed by atoms with Crippen LogP contribution in [0.25, 0.3) is 11.3 Å². The number of rotatable bonds is 6. The van der Waals surface area contributed by atoms with Crippen molar-refractivity contribution >= 4 is 15.8 Å². The van der Waals surface area contributed by atoms with Crippen molar-refractivity contribution in [3.8, 4) is 11.3 Å². The first-order chi connectivity index (χ1) is 12.0. The molecule has 0 spiro atoms. The number of aromatic nitrogens is 1. The van der Waals surface area contributed by atoms with Crippen molar-refractivity contribution < 1.29 is 17.6 Å². The smallest absolute Gasteiger partial charge is 0.240 e. The standard InChI is InChI=1S/C18H16N2O4S/c1-13(21)15-3-2-4-17(9-15)25(22,23)20-11-14-5-6-18(19-10-14)16-7-8-24-12-16/h2-10,12,20H,11H2,1H3. The molecule has 0 radical (unpaired) electrons. The van der Waals surface area contributed by atoms with Crippen molar-refractivity contribution in [1.29, 1.82) is 0 Å². The first kappa shape index (κ1) is 17.1. The van der Waals surface area contributed by atoms with Gasteiger partial charge in [-0.1, -0.05) is 18.2 Å². The van der Waals surface area contributed by atoms with E-state index in [9.17, 15) is 13.2 Å². The summed E-state index contributed by atoms with van der Waals surface area (Å²) in [6.07, 6.45) is 4.76. The predicted molar refractivity (Wildman–Crippen MR) is 92.4 cm³/mol. The van der Waals surface area contributed by atoms with Crippen molar-refractivity contribution in [3.05, 3.63) is 72.3 Å². The molecular formula is C18H16N2O4S. The number of Topliss-reactive ketones (excluding diaryl/α,β-unsaturated/α-hetero) is 1. The number of hydrogen-bond acceptors (Lipinski definition) is 5. The molecule has 2 aromatic heterocycles. The van der Waals surface area contributed by atoms with Crippen molar-refractivity contribution in [2.45, 2.75) is 18.4 Å². The molecule has 0 unspecified atom stereocenters. The SMILES string of the molecule is CC(=O)c1cccc(S(=O)(=O)NCc2ccc(-c3ccoc3)nc2)c1. The lowest BCUT2D eigenvalue weighted by Gasteiger charge is -2.08. The van der Waals surface area contributed by atoms with Gasteiger partial charge >= 0.3 is 0 Å². The van der Waals surface area contributed by atoms with E-state index in [4.69, 9.17) is 4.42 Å². The predicted octanol–water partition coefficient (Wildman–Crippen LogP) is 3.02. The molecule has 1 N–H and O–H groups in total. The third-order valence-electron chi connectivity index (χ3n) is 3.66. The Morgan fingerprint density at radius 1 is 1.20 bits per heavy atom. The number of furan rings is 1. The van der Waals surface area contributed by atoms with E-state index in [1.165, 1.54) is 19.1 Å². The number of nitrogens with zero attached hydrogens (tertiary/aromatic N) is 1. The van der Waals surface area contributed by atoms with Crippen LogP contribution < -0.4 is 4.72 Å². The molecule has 25 heavy (non-hydrogen) atoms. The number of carbonyl (C=O) groups excluding carboxylic acids is 1. The first-order valence-electron chi connectivity index (χ1n) is 7.54. The summed E-state index contributed by atoms with van der Waals surface area (Å²) in [5.41, 5.74) is 2.68. The van der Waals surface area contributed by atoms with Crippen molar-refractivity contribution in [3.63, 3.8) is 0 Å². The van der Waals surface area contributed by atoms with E-state index in [2.05, 4.69) is 9.71 Å². The molecule has 3 rings (SSSR count). The minimum Gasteiger partial charge on any atom is -0.472 e. The van der Waals surface area contributed by atoms with E-state index in [1.54, 1.807) is 49.1 Å². The lowest BCUT2D eigenvalue weighted by molar-refractivity contribution is 0.101. The molecule has 128 valence electrons. The van der Waals surface area contributed by atoms with Gasteiger partial charge in [-0.2, -0.15) is 0 Å². The maximum atomic E-state index is 12.4. The maximum Gasteiger partial charge on any atom is 0.240 e. The molecule has 0 saturated carbocycles. The van der Waals surface area contributed by atoms with Gasteiger partial charge in [-0.15, -0.1) is 0 Å². The molecule has 2 heterocycles. The quantitative estimate of drug-likeness (QED) is 0.686. The summed E-state index contributed by atoms with van der Waals surface area (Å²) in [5, 5.41) is 0. The van der Waals surface area contributed by atoms with Crippen LogP contribution in [-0.4, -0.2) is 19.2 Å². The van der Waals surface area contributed by atoms with Crippen LogP contribution in [0.15, 0.2) is 70.5 Å². The van der Waals surface area contributed by atoms with E-state index in [1.807, 2.05) is 0 Å². The Morgan fingerprint density at radius 2 is 2.04 bits per heavy atom. The van der Waals surface area contributed by atoms with Gasteiger partial charge in [-0.3, -0.25) is 9.78 Å². The summed E-state index contributed by atoms with van der Waals surface area (Å²) in [7, 11) is -3.71. The number of hydrogen-bond donors (Lipinski definition) is 1. The van der Waals surface area contributed by atoms with Crippen LogP contribution in [-0.2, 0) is 16.6 Å². The molecule has 0 bridgehead atoms. The maximum absolute atomic E-state index is 12.4. The molecule has 0 aliphatic heterocycles. The Labute approximate surface area is 145 Å². The molecule has 0 aliphatic carbocycles. The fraction of sp³-hybridized carbons (Fsp3) is 0.111. The molecule has 0 saturated heterocycles. The van der Waals surface area contributed by atoms with Gasteiger partial charge in [0.25, 0.3) is 0 Å². The zero-order valence-corrected chi connectivity index (χ0v) is 14.3. The Kier molecular flexibility index (Phi) is 4.78. The largest absolute Gasteiger partial charge is 0.472 e. The number of benzene rings is 1. The molecule has 7 heteroatoms. The lowest BCUT2D eigenvalue weighted by Crippen LogP contribution is -2.23. The molecule has 0 aliphatic rings. The number of nitrogens with one attached hydrogen (secondary N) is 1.